The molecule has 2 heterocycles. The highest BCUT2D eigenvalue weighted by Crippen LogP contribution is 2.22. The van der Waals surface area contributed by atoms with Crippen LogP contribution >= 0.6 is 0 Å². The number of amides is 1. The zero-order valence-corrected chi connectivity index (χ0v) is 14.3. The molecule has 0 N–H and O–H groups in total. The van der Waals surface area contributed by atoms with Crippen molar-refractivity contribution in [2.45, 2.75) is 57.9 Å². The first-order chi connectivity index (χ1) is 11.7. The highest BCUT2D eigenvalue weighted by molar-refractivity contribution is 5.76. The summed E-state index contributed by atoms with van der Waals surface area (Å²) in [6.07, 6.45) is 6.35. The van der Waals surface area contributed by atoms with E-state index in [0.29, 0.717) is 30.6 Å². The average molecular weight is 327 g/mol. The van der Waals surface area contributed by atoms with Gasteiger partial charge in [0.15, 0.2) is 5.82 Å². The number of carbonyl (C=O) groups is 1. The topological polar surface area (TPSA) is 59.2 Å². The van der Waals surface area contributed by atoms with Gasteiger partial charge in [0.05, 0.1) is 0 Å². The van der Waals surface area contributed by atoms with Crippen LogP contribution in [0.3, 0.4) is 0 Å². The highest BCUT2D eigenvalue weighted by atomic mass is 16.5. The predicted molar refractivity (Wildman–Crippen MR) is 91.5 cm³/mol. The second kappa shape index (κ2) is 8.08. The normalized spacial score (nSPS) is 17.9. The molecule has 0 saturated carbocycles. The van der Waals surface area contributed by atoms with Gasteiger partial charge in [0.25, 0.3) is 0 Å². The Kier molecular flexibility index (Phi) is 5.62. The van der Waals surface area contributed by atoms with Gasteiger partial charge in [-0.1, -0.05) is 35.5 Å². The lowest BCUT2D eigenvalue weighted by atomic mass is 9.95. The SMILES string of the molecule is Cc1noc(CCCC(=O)N2CCCCC2Cc2ccccc2)n1. The van der Waals surface area contributed by atoms with Crippen molar-refractivity contribution in [3.8, 4) is 0 Å². The minimum absolute atomic E-state index is 0.256. The lowest BCUT2D eigenvalue weighted by Crippen LogP contribution is -2.44. The smallest absolute Gasteiger partial charge is 0.226 e. The molecular weight excluding hydrogens is 302 g/mol. The molecule has 1 unspecified atom stereocenters. The van der Waals surface area contributed by atoms with Crippen LogP contribution in [0.15, 0.2) is 34.9 Å². The molecule has 128 valence electrons. The first-order valence-corrected chi connectivity index (χ1v) is 8.85. The first-order valence-electron chi connectivity index (χ1n) is 8.85. The van der Waals surface area contributed by atoms with Gasteiger partial charge in [-0.25, -0.2) is 0 Å². The molecule has 1 saturated heterocycles. The lowest BCUT2D eigenvalue weighted by molar-refractivity contribution is -0.134. The fraction of sp³-hybridized carbons (Fsp3) is 0.526. The van der Waals surface area contributed by atoms with Gasteiger partial charge in [0.2, 0.25) is 11.8 Å². The fourth-order valence-corrected chi connectivity index (χ4v) is 3.40. The molecule has 24 heavy (non-hydrogen) atoms. The van der Waals surface area contributed by atoms with Crippen molar-refractivity contribution in [2.24, 2.45) is 0 Å². The van der Waals surface area contributed by atoms with E-state index in [9.17, 15) is 4.79 Å². The van der Waals surface area contributed by atoms with E-state index in [-0.39, 0.29) is 5.91 Å². The molecule has 2 aromatic rings. The summed E-state index contributed by atoms with van der Waals surface area (Å²) >= 11 is 0. The number of aryl methyl sites for hydroxylation is 2. The molecule has 1 amide bonds. The quantitative estimate of drug-likeness (QED) is 0.816. The monoisotopic (exact) mass is 327 g/mol. The standard InChI is InChI=1S/C19H25N3O2/c1-15-20-18(24-21-15)11-7-12-19(23)22-13-6-5-10-17(22)14-16-8-3-2-4-9-16/h2-4,8-9,17H,5-7,10-14H2,1H3. The van der Waals surface area contributed by atoms with Crippen LogP contribution in [0.4, 0.5) is 0 Å². The third kappa shape index (κ3) is 4.43. The van der Waals surface area contributed by atoms with Gasteiger partial charge in [-0.3, -0.25) is 4.79 Å². The number of rotatable bonds is 6. The summed E-state index contributed by atoms with van der Waals surface area (Å²) in [5.41, 5.74) is 1.31. The van der Waals surface area contributed by atoms with Gasteiger partial charge >= 0.3 is 0 Å². The molecule has 0 bridgehead atoms. The van der Waals surface area contributed by atoms with Crippen LogP contribution in [-0.4, -0.2) is 33.5 Å². The summed E-state index contributed by atoms with van der Waals surface area (Å²) in [5.74, 6) is 1.53. The molecule has 5 heteroatoms. The molecule has 0 radical (unpaired) electrons. The van der Waals surface area contributed by atoms with Crippen LogP contribution in [0.5, 0.6) is 0 Å². The number of carbonyl (C=O) groups excluding carboxylic acids is 1. The third-order valence-corrected chi connectivity index (χ3v) is 4.61. The van der Waals surface area contributed by atoms with Crippen LogP contribution < -0.4 is 0 Å². The van der Waals surface area contributed by atoms with Crippen LogP contribution in [0.2, 0.25) is 0 Å². The Balaban J connectivity index is 1.53. The predicted octanol–water partition coefficient (Wildman–Crippen LogP) is 3.32. The fourth-order valence-electron chi connectivity index (χ4n) is 3.40. The lowest BCUT2D eigenvalue weighted by Gasteiger charge is -2.36. The number of aromatic nitrogens is 2. The molecule has 1 aliphatic heterocycles. The molecule has 3 rings (SSSR count). The van der Waals surface area contributed by atoms with E-state index in [0.717, 1.165) is 32.2 Å². The van der Waals surface area contributed by atoms with Crippen molar-refractivity contribution in [3.05, 3.63) is 47.6 Å². The largest absolute Gasteiger partial charge is 0.339 e. The maximum atomic E-state index is 12.7. The van der Waals surface area contributed by atoms with Gasteiger partial charge in [-0.15, -0.1) is 0 Å². The van der Waals surface area contributed by atoms with E-state index in [1.807, 2.05) is 6.07 Å². The Morgan fingerprint density at radius 3 is 2.88 bits per heavy atom. The Hall–Kier alpha value is -2.17. The Labute approximate surface area is 143 Å². The molecule has 1 aliphatic rings. The Bertz CT molecular complexity index is 654. The number of hydrogen-bond donors (Lipinski definition) is 0. The van der Waals surface area contributed by atoms with Crippen molar-refractivity contribution < 1.29 is 9.32 Å². The van der Waals surface area contributed by atoms with Gasteiger partial charge in [0, 0.05) is 25.4 Å². The zero-order valence-electron chi connectivity index (χ0n) is 14.3. The van der Waals surface area contributed by atoms with Gasteiger partial charge < -0.3 is 9.42 Å². The summed E-state index contributed by atoms with van der Waals surface area (Å²) in [6, 6.07) is 10.8. The number of likely N-dealkylation sites (tertiary alicyclic amines) is 1. The van der Waals surface area contributed by atoms with Gasteiger partial charge in [0.1, 0.15) is 0 Å². The molecule has 1 atom stereocenters. The second-order valence-electron chi connectivity index (χ2n) is 6.52. The minimum Gasteiger partial charge on any atom is -0.339 e. The first kappa shape index (κ1) is 16.7. The van der Waals surface area contributed by atoms with Gasteiger partial charge in [-0.05, 0) is 44.6 Å². The van der Waals surface area contributed by atoms with Crippen molar-refractivity contribution in [1.82, 2.24) is 15.0 Å². The van der Waals surface area contributed by atoms with Crippen LogP contribution in [0.1, 0.15) is 49.4 Å². The maximum absolute atomic E-state index is 12.7. The maximum Gasteiger partial charge on any atom is 0.226 e. The van der Waals surface area contributed by atoms with E-state index < -0.39 is 0 Å². The van der Waals surface area contributed by atoms with E-state index in [2.05, 4.69) is 39.3 Å². The van der Waals surface area contributed by atoms with Crippen LogP contribution in [-0.2, 0) is 17.6 Å². The van der Waals surface area contributed by atoms with E-state index >= 15 is 0 Å². The molecule has 5 nitrogen and oxygen atoms in total. The summed E-state index contributed by atoms with van der Waals surface area (Å²) < 4.78 is 5.11. The number of piperidine rings is 1. The van der Waals surface area contributed by atoms with Crippen LogP contribution in [0.25, 0.3) is 0 Å². The van der Waals surface area contributed by atoms with Crippen LogP contribution in [0, 0.1) is 6.92 Å². The molecular formula is C19H25N3O2. The second-order valence-corrected chi connectivity index (χ2v) is 6.52. The van der Waals surface area contributed by atoms with E-state index in [1.165, 1.54) is 12.0 Å². The average Bonchev–Trinajstić information content (AvgIpc) is 3.01. The molecule has 0 aliphatic carbocycles. The van der Waals surface area contributed by atoms with E-state index in [4.69, 9.17) is 4.52 Å². The molecule has 1 fully saturated rings. The number of nitrogens with zero attached hydrogens (tertiary/aromatic N) is 3. The van der Waals surface area contributed by atoms with Gasteiger partial charge in [-0.2, -0.15) is 4.98 Å². The Morgan fingerprint density at radius 1 is 1.29 bits per heavy atom. The summed E-state index contributed by atoms with van der Waals surface area (Å²) in [6.45, 7) is 2.69. The summed E-state index contributed by atoms with van der Waals surface area (Å²) in [5, 5.41) is 3.78. The van der Waals surface area contributed by atoms with Crippen molar-refractivity contribution in [3.63, 3.8) is 0 Å². The Morgan fingerprint density at radius 2 is 2.12 bits per heavy atom. The third-order valence-electron chi connectivity index (χ3n) is 4.61. The highest BCUT2D eigenvalue weighted by Gasteiger charge is 2.26. The summed E-state index contributed by atoms with van der Waals surface area (Å²) in [4.78, 5) is 18.9. The number of benzene rings is 1. The number of hydrogen-bond acceptors (Lipinski definition) is 4. The molecule has 1 aromatic carbocycles. The summed E-state index contributed by atoms with van der Waals surface area (Å²) in [7, 11) is 0. The van der Waals surface area contributed by atoms with Crippen molar-refractivity contribution in [2.75, 3.05) is 6.54 Å². The molecule has 0 spiro atoms. The zero-order chi connectivity index (χ0) is 16.8. The van der Waals surface area contributed by atoms with E-state index in [1.54, 1.807) is 6.92 Å². The van der Waals surface area contributed by atoms with Crippen molar-refractivity contribution >= 4 is 5.91 Å². The molecule has 1 aromatic heterocycles. The minimum atomic E-state index is 0.256. The van der Waals surface area contributed by atoms with Crippen molar-refractivity contribution in [1.29, 1.82) is 0 Å².